The maximum absolute atomic E-state index is 12.3. The maximum atomic E-state index is 12.3. The second-order valence-electron chi connectivity index (χ2n) is 5.56. The molecule has 2 rings (SSSR count). The van der Waals surface area contributed by atoms with Gasteiger partial charge in [-0.1, -0.05) is 6.92 Å². The number of rotatable bonds is 4. The first-order valence-electron chi connectivity index (χ1n) is 7.31. The molecule has 1 heterocycles. The van der Waals surface area contributed by atoms with Crippen LogP contribution >= 0.6 is 0 Å². The quantitative estimate of drug-likeness (QED) is 0.928. The van der Waals surface area contributed by atoms with Crippen molar-refractivity contribution in [1.82, 2.24) is 4.90 Å². The number of hydrogen-bond donors (Lipinski definition) is 1. The molecule has 5 nitrogen and oxygen atoms in total. The highest BCUT2D eigenvalue weighted by Gasteiger charge is 2.21. The minimum Gasteiger partial charge on any atom is -0.339 e. The van der Waals surface area contributed by atoms with Gasteiger partial charge in [-0.15, -0.1) is 0 Å². The van der Waals surface area contributed by atoms with E-state index >= 15 is 0 Å². The van der Waals surface area contributed by atoms with Gasteiger partial charge in [0.05, 0.1) is 5.75 Å². The van der Waals surface area contributed by atoms with Crippen LogP contribution in [0.1, 0.15) is 37.0 Å². The highest BCUT2D eigenvalue weighted by molar-refractivity contribution is 7.92. The molecule has 1 aromatic rings. The molecule has 0 unspecified atom stereocenters. The molecule has 1 N–H and O–H groups in total. The van der Waals surface area contributed by atoms with Crippen molar-refractivity contribution in [1.29, 1.82) is 0 Å². The summed E-state index contributed by atoms with van der Waals surface area (Å²) in [5, 5.41) is 0. The summed E-state index contributed by atoms with van der Waals surface area (Å²) in [6.07, 6.45) is 2.08. The van der Waals surface area contributed by atoms with E-state index in [9.17, 15) is 13.2 Å². The maximum Gasteiger partial charge on any atom is 0.253 e. The molecule has 1 fully saturated rings. The highest BCUT2D eigenvalue weighted by atomic mass is 32.2. The van der Waals surface area contributed by atoms with E-state index in [-0.39, 0.29) is 11.7 Å². The van der Waals surface area contributed by atoms with E-state index < -0.39 is 10.0 Å². The van der Waals surface area contributed by atoms with Gasteiger partial charge in [-0.05, 0) is 49.9 Å². The lowest BCUT2D eigenvalue weighted by molar-refractivity contribution is 0.0697. The number of anilines is 1. The zero-order valence-electron chi connectivity index (χ0n) is 12.5. The predicted molar refractivity (Wildman–Crippen MR) is 83.8 cm³/mol. The lowest BCUT2D eigenvalue weighted by Crippen LogP contribution is -2.37. The van der Waals surface area contributed by atoms with E-state index in [0.717, 1.165) is 25.9 Å². The molecule has 1 aromatic carbocycles. The summed E-state index contributed by atoms with van der Waals surface area (Å²) in [7, 11) is -3.28. The Morgan fingerprint density at radius 1 is 1.24 bits per heavy atom. The highest BCUT2D eigenvalue weighted by Crippen LogP contribution is 2.19. The van der Waals surface area contributed by atoms with Crippen molar-refractivity contribution in [2.24, 2.45) is 5.92 Å². The topological polar surface area (TPSA) is 66.5 Å². The Morgan fingerprint density at radius 2 is 1.81 bits per heavy atom. The van der Waals surface area contributed by atoms with Crippen LogP contribution in [0.2, 0.25) is 0 Å². The van der Waals surface area contributed by atoms with Crippen LogP contribution in [0.25, 0.3) is 0 Å². The Bertz CT molecular complexity index is 588. The standard InChI is InChI=1S/C15H22N2O3S/c1-3-21(19,20)16-14-6-4-13(5-7-14)15(18)17-10-8-12(2)9-11-17/h4-7,12,16H,3,8-11H2,1-2H3. The van der Waals surface area contributed by atoms with Gasteiger partial charge in [0, 0.05) is 24.3 Å². The molecule has 0 saturated carbocycles. The van der Waals surface area contributed by atoms with E-state index in [2.05, 4.69) is 11.6 Å². The van der Waals surface area contributed by atoms with Crippen LogP contribution in [0.4, 0.5) is 5.69 Å². The van der Waals surface area contributed by atoms with Crippen molar-refractivity contribution in [3.05, 3.63) is 29.8 Å². The molecule has 0 aromatic heterocycles. The molecular weight excluding hydrogens is 288 g/mol. The summed E-state index contributed by atoms with van der Waals surface area (Å²) in [5.74, 6) is 0.728. The molecule has 116 valence electrons. The third-order valence-electron chi connectivity index (χ3n) is 3.86. The van der Waals surface area contributed by atoms with Gasteiger partial charge in [0.25, 0.3) is 5.91 Å². The molecule has 0 spiro atoms. The third-order valence-corrected chi connectivity index (χ3v) is 5.16. The van der Waals surface area contributed by atoms with Crippen molar-refractivity contribution in [3.63, 3.8) is 0 Å². The number of likely N-dealkylation sites (tertiary alicyclic amines) is 1. The van der Waals surface area contributed by atoms with Gasteiger partial charge in [0.2, 0.25) is 10.0 Å². The first kappa shape index (κ1) is 15.8. The van der Waals surface area contributed by atoms with Gasteiger partial charge in [-0.25, -0.2) is 8.42 Å². The number of carbonyl (C=O) groups is 1. The lowest BCUT2D eigenvalue weighted by Gasteiger charge is -2.30. The van der Waals surface area contributed by atoms with E-state index in [1.165, 1.54) is 0 Å². The smallest absolute Gasteiger partial charge is 0.253 e. The van der Waals surface area contributed by atoms with Crippen molar-refractivity contribution in [2.45, 2.75) is 26.7 Å². The summed E-state index contributed by atoms with van der Waals surface area (Å²) in [6.45, 7) is 5.38. The fourth-order valence-corrected chi connectivity index (χ4v) is 2.97. The molecule has 1 saturated heterocycles. The molecule has 1 aliphatic heterocycles. The van der Waals surface area contributed by atoms with Gasteiger partial charge >= 0.3 is 0 Å². The molecule has 0 radical (unpaired) electrons. The summed E-state index contributed by atoms with van der Waals surface area (Å²) >= 11 is 0. The second-order valence-corrected chi connectivity index (χ2v) is 7.57. The Hall–Kier alpha value is -1.56. The van der Waals surface area contributed by atoms with Crippen LogP contribution in [-0.4, -0.2) is 38.1 Å². The van der Waals surface area contributed by atoms with Crippen LogP contribution in [0.3, 0.4) is 0 Å². The predicted octanol–water partition coefficient (Wildman–Crippen LogP) is 2.32. The Labute approximate surface area is 126 Å². The van der Waals surface area contributed by atoms with Crippen LogP contribution in [0.15, 0.2) is 24.3 Å². The molecule has 0 aliphatic carbocycles. The van der Waals surface area contributed by atoms with Crippen molar-refractivity contribution in [2.75, 3.05) is 23.6 Å². The average molecular weight is 310 g/mol. The van der Waals surface area contributed by atoms with E-state index in [0.29, 0.717) is 17.2 Å². The van der Waals surface area contributed by atoms with Gasteiger partial charge in [0.1, 0.15) is 0 Å². The van der Waals surface area contributed by atoms with Crippen molar-refractivity contribution >= 4 is 21.6 Å². The van der Waals surface area contributed by atoms with Crippen LogP contribution < -0.4 is 4.72 Å². The average Bonchev–Trinajstić information content (AvgIpc) is 2.48. The molecule has 0 atom stereocenters. The molecular formula is C15H22N2O3S. The van der Waals surface area contributed by atoms with E-state index in [4.69, 9.17) is 0 Å². The zero-order chi connectivity index (χ0) is 15.5. The molecule has 21 heavy (non-hydrogen) atoms. The minimum atomic E-state index is -3.28. The number of carbonyl (C=O) groups excluding carboxylic acids is 1. The SMILES string of the molecule is CCS(=O)(=O)Nc1ccc(C(=O)N2CCC(C)CC2)cc1. The molecule has 6 heteroatoms. The van der Waals surface area contributed by atoms with Crippen molar-refractivity contribution in [3.8, 4) is 0 Å². The number of nitrogens with one attached hydrogen (secondary N) is 1. The van der Waals surface area contributed by atoms with Gasteiger partial charge in [-0.2, -0.15) is 0 Å². The number of amides is 1. The number of piperidine rings is 1. The Morgan fingerprint density at radius 3 is 2.33 bits per heavy atom. The first-order chi connectivity index (χ1) is 9.91. The monoisotopic (exact) mass is 310 g/mol. The van der Waals surface area contributed by atoms with Crippen molar-refractivity contribution < 1.29 is 13.2 Å². The molecule has 0 bridgehead atoms. The number of nitrogens with zero attached hydrogens (tertiary/aromatic N) is 1. The summed E-state index contributed by atoms with van der Waals surface area (Å²) in [6, 6.07) is 6.61. The van der Waals surface area contributed by atoms with Crippen LogP contribution in [-0.2, 0) is 10.0 Å². The van der Waals surface area contributed by atoms with E-state index in [1.807, 2.05) is 4.90 Å². The fourth-order valence-electron chi connectivity index (χ4n) is 2.33. The number of sulfonamides is 1. The van der Waals surface area contributed by atoms with Gasteiger partial charge in [-0.3, -0.25) is 9.52 Å². The molecule has 1 aliphatic rings. The molecule has 1 amide bonds. The summed E-state index contributed by atoms with van der Waals surface area (Å²) in [4.78, 5) is 14.2. The normalized spacial score (nSPS) is 16.8. The van der Waals surface area contributed by atoms with E-state index in [1.54, 1.807) is 31.2 Å². The van der Waals surface area contributed by atoms with Crippen LogP contribution in [0, 0.1) is 5.92 Å². The van der Waals surface area contributed by atoms with Gasteiger partial charge < -0.3 is 4.90 Å². The largest absolute Gasteiger partial charge is 0.339 e. The first-order valence-corrected chi connectivity index (χ1v) is 8.96. The Kier molecular flexibility index (Phi) is 4.88. The number of benzene rings is 1. The number of hydrogen-bond acceptors (Lipinski definition) is 3. The zero-order valence-corrected chi connectivity index (χ0v) is 13.3. The minimum absolute atomic E-state index is 0.0202. The second kappa shape index (κ2) is 6.47. The summed E-state index contributed by atoms with van der Waals surface area (Å²) in [5.41, 5.74) is 1.09. The van der Waals surface area contributed by atoms with Crippen LogP contribution in [0.5, 0.6) is 0 Å². The fraction of sp³-hybridized carbons (Fsp3) is 0.533. The summed E-state index contributed by atoms with van der Waals surface area (Å²) < 4.78 is 25.4. The Balaban J connectivity index is 2.03. The lowest BCUT2D eigenvalue weighted by atomic mass is 9.98. The third kappa shape index (κ3) is 4.20. The van der Waals surface area contributed by atoms with Gasteiger partial charge in [0.15, 0.2) is 0 Å².